The van der Waals surface area contributed by atoms with Crippen molar-refractivity contribution in [2.75, 3.05) is 12.4 Å². The molecule has 0 aliphatic heterocycles. The maximum Gasteiger partial charge on any atom is 0.375 e. The maximum atomic E-state index is 12.9. The number of hydrogen-bond acceptors (Lipinski definition) is 5. The van der Waals surface area contributed by atoms with Gasteiger partial charge in [0.1, 0.15) is 17.1 Å². The van der Waals surface area contributed by atoms with Crippen molar-refractivity contribution in [2.45, 2.75) is 20.0 Å². The number of halogens is 1. The summed E-state index contributed by atoms with van der Waals surface area (Å²) in [6.07, 6.45) is -1.07. The van der Waals surface area contributed by atoms with Gasteiger partial charge in [0.05, 0.1) is 7.11 Å². The average Bonchev–Trinajstić information content (AvgIpc) is 2.99. The van der Waals surface area contributed by atoms with E-state index in [9.17, 15) is 14.0 Å². The van der Waals surface area contributed by atoms with Crippen molar-refractivity contribution in [1.29, 1.82) is 0 Å². The minimum absolute atomic E-state index is 0.0275. The summed E-state index contributed by atoms with van der Waals surface area (Å²) >= 11 is 0. The van der Waals surface area contributed by atoms with E-state index in [0.29, 0.717) is 22.6 Å². The summed E-state index contributed by atoms with van der Waals surface area (Å²) in [5.41, 5.74) is 1.51. The molecule has 1 amide bonds. The Morgan fingerprint density at radius 1 is 1.15 bits per heavy atom. The highest BCUT2D eigenvalue weighted by Gasteiger charge is 2.24. The molecule has 0 spiro atoms. The standard InChI is InChI=1S/C20H18FNO5/c1-11-16-10-15(25-3)8-9-17(16)27-18(11)20(24)26-12(2)19(23)22-14-6-4-13(21)5-7-14/h4-10,12H,1-3H3,(H,22,23)/t12-/m1/s1. The van der Waals surface area contributed by atoms with Gasteiger partial charge in [0.2, 0.25) is 5.76 Å². The Bertz CT molecular complexity index is 994. The fourth-order valence-corrected chi connectivity index (χ4v) is 2.57. The summed E-state index contributed by atoms with van der Waals surface area (Å²) in [4.78, 5) is 24.6. The van der Waals surface area contributed by atoms with Crippen LogP contribution in [0.4, 0.5) is 10.1 Å². The van der Waals surface area contributed by atoms with E-state index in [4.69, 9.17) is 13.9 Å². The van der Waals surface area contributed by atoms with E-state index in [0.717, 1.165) is 5.39 Å². The number of carbonyl (C=O) groups excluding carboxylic acids is 2. The lowest BCUT2D eigenvalue weighted by atomic mass is 10.1. The Hall–Kier alpha value is -3.35. The van der Waals surface area contributed by atoms with Gasteiger partial charge in [0.25, 0.3) is 5.91 Å². The summed E-state index contributed by atoms with van der Waals surface area (Å²) in [5, 5.41) is 3.28. The lowest BCUT2D eigenvalue weighted by Gasteiger charge is -2.13. The number of carbonyl (C=O) groups is 2. The van der Waals surface area contributed by atoms with Gasteiger partial charge in [-0.3, -0.25) is 4.79 Å². The number of esters is 1. The number of nitrogens with one attached hydrogen (secondary N) is 1. The molecular weight excluding hydrogens is 353 g/mol. The van der Waals surface area contributed by atoms with E-state index >= 15 is 0 Å². The normalized spacial score (nSPS) is 11.9. The van der Waals surface area contributed by atoms with Gasteiger partial charge in [-0.1, -0.05) is 0 Å². The molecule has 3 rings (SSSR count). The van der Waals surface area contributed by atoms with Gasteiger partial charge in [-0.15, -0.1) is 0 Å². The first-order valence-corrected chi connectivity index (χ1v) is 8.23. The number of anilines is 1. The van der Waals surface area contributed by atoms with Crippen LogP contribution >= 0.6 is 0 Å². The third kappa shape index (κ3) is 3.92. The molecule has 140 valence electrons. The van der Waals surface area contributed by atoms with Gasteiger partial charge < -0.3 is 19.2 Å². The van der Waals surface area contributed by atoms with Gasteiger partial charge in [-0.2, -0.15) is 0 Å². The van der Waals surface area contributed by atoms with Crippen molar-refractivity contribution in [3.05, 3.63) is 59.6 Å². The molecule has 1 heterocycles. The Kier molecular flexibility index (Phi) is 5.12. The molecule has 3 aromatic rings. The maximum absolute atomic E-state index is 12.9. The van der Waals surface area contributed by atoms with Crippen molar-refractivity contribution in [3.8, 4) is 5.75 Å². The highest BCUT2D eigenvalue weighted by atomic mass is 19.1. The van der Waals surface area contributed by atoms with E-state index in [-0.39, 0.29) is 5.76 Å². The highest BCUT2D eigenvalue weighted by Crippen LogP contribution is 2.29. The zero-order valence-corrected chi connectivity index (χ0v) is 15.0. The van der Waals surface area contributed by atoms with Crippen molar-refractivity contribution in [3.63, 3.8) is 0 Å². The van der Waals surface area contributed by atoms with Gasteiger partial charge >= 0.3 is 5.97 Å². The second-order valence-electron chi connectivity index (χ2n) is 5.96. The number of ether oxygens (including phenoxy) is 2. The monoisotopic (exact) mass is 371 g/mol. The molecular formula is C20H18FNO5. The number of methoxy groups -OCH3 is 1. The fraction of sp³-hybridized carbons (Fsp3) is 0.200. The summed E-state index contributed by atoms with van der Waals surface area (Å²) < 4.78 is 28.9. The number of hydrogen-bond donors (Lipinski definition) is 1. The van der Waals surface area contributed by atoms with Crippen molar-refractivity contribution in [2.24, 2.45) is 0 Å². The van der Waals surface area contributed by atoms with Crippen LogP contribution in [0.3, 0.4) is 0 Å². The van der Waals surface area contributed by atoms with E-state index in [1.54, 1.807) is 32.2 Å². The molecule has 1 N–H and O–H groups in total. The third-order valence-electron chi connectivity index (χ3n) is 4.09. The van der Waals surface area contributed by atoms with Crippen molar-refractivity contribution in [1.82, 2.24) is 0 Å². The second-order valence-corrected chi connectivity index (χ2v) is 5.96. The Morgan fingerprint density at radius 3 is 2.52 bits per heavy atom. The van der Waals surface area contributed by atoms with Crippen LogP contribution < -0.4 is 10.1 Å². The number of aryl methyl sites for hydroxylation is 1. The van der Waals surface area contributed by atoms with Crippen LogP contribution in [0, 0.1) is 12.7 Å². The molecule has 0 unspecified atom stereocenters. The molecule has 0 bridgehead atoms. The lowest BCUT2D eigenvalue weighted by molar-refractivity contribution is -0.123. The minimum Gasteiger partial charge on any atom is -0.497 e. The topological polar surface area (TPSA) is 77.8 Å². The lowest BCUT2D eigenvalue weighted by Crippen LogP contribution is -2.30. The first-order chi connectivity index (χ1) is 12.9. The van der Waals surface area contributed by atoms with Crippen LogP contribution in [0.5, 0.6) is 5.75 Å². The zero-order valence-electron chi connectivity index (χ0n) is 15.0. The number of amides is 1. The van der Waals surface area contributed by atoms with Crippen LogP contribution in [-0.2, 0) is 9.53 Å². The van der Waals surface area contributed by atoms with E-state index < -0.39 is 23.8 Å². The summed E-state index contributed by atoms with van der Waals surface area (Å²) in [6.45, 7) is 3.17. The second kappa shape index (κ2) is 7.49. The van der Waals surface area contributed by atoms with Crippen molar-refractivity contribution < 1.29 is 27.9 Å². The first-order valence-electron chi connectivity index (χ1n) is 8.23. The average molecular weight is 371 g/mol. The third-order valence-corrected chi connectivity index (χ3v) is 4.09. The van der Waals surface area contributed by atoms with Crippen LogP contribution in [0.25, 0.3) is 11.0 Å². The smallest absolute Gasteiger partial charge is 0.375 e. The van der Waals surface area contributed by atoms with Crippen molar-refractivity contribution >= 4 is 28.5 Å². The van der Waals surface area contributed by atoms with Gasteiger partial charge in [-0.05, 0) is 56.3 Å². The number of fused-ring (bicyclic) bond motifs is 1. The molecule has 27 heavy (non-hydrogen) atoms. The molecule has 0 radical (unpaired) electrons. The summed E-state index contributed by atoms with van der Waals surface area (Å²) in [6, 6.07) is 10.4. The summed E-state index contributed by atoms with van der Waals surface area (Å²) in [7, 11) is 1.55. The Balaban J connectivity index is 1.72. The van der Waals surface area contributed by atoms with E-state index in [1.165, 1.54) is 31.2 Å². The number of furan rings is 1. The molecule has 2 aromatic carbocycles. The minimum atomic E-state index is -1.07. The molecule has 6 nitrogen and oxygen atoms in total. The molecule has 1 aromatic heterocycles. The molecule has 1 atom stereocenters. The molecule has 0 aliphatic rings. The van der Waals surface area contributed by atoms with Crippen LogP contribution in [0.15, 0.2) is 46.9 Å². The molecule has 0 fully saturated rings. The summed E-state index contributed by atoms with van der Waals surface area (Å²) in [5.74, 6) is -1.03. The van der Waals surface area contributed by atoms with Gasteiger partial charge in [-0.25, -0.2) is 9.18 Å². The van der Waals surface area contributed by atoms with Gasteiger partial charge in [0, 0.05) is 16.6 Å². The first kappa shape index (κ1) is 18.4. The van der Waals surface area contributed by atoms with Crippen LogP contribution in [0.2, 0.25) is 0 Å². The predicted octanol–water partition coefficient (Wildman–Crippen LogP) is 4.07. The fourth-order valence-electron chi connectivity index (χ4n) is 2.57. The highest BCUT2D eigenvalue weighted by molar-refractivity contribution is 5.99. The zero-order chi connectivity index (χ0) is 19.6. The van der Waals surface area contributed by atoms with E-state index in [2.05, 4.69) is 5.32 Å². The Morgan fingerprint density at radius 2 is 1.85 bits per heavy atom. The van der Waals surface area contributed by atoms with Gasteiger partial charge in [0.15, 0.2) is 6.10 Å². The van der Waals surface area contributed by atoms with E-state index in [1.807, 2.05) is 0 Å². The molecule has 0 aliphatic carbocycles. The quantitative estimate of drug-likeness (QED) is 0.684. The predicted molar refractivity (Wildman–Crippen MR) is 97.4 cm³/mol. The largest absolute Gasteiger partial charge is 0.497 e. The Labute approximate surface area is 154 Å². The molecule has 0 saturated heterocycles. The SMILES string of the molecule is COc1ccc2oc(C(=O)O[C@H](C)C(=O)Nc3ccc(F)cc3)c(C)c2c1. The van der Waals surface area contributed by atoms with Crippen LogP contribution in [0.1, 0.15) is 23.0 Å². The molecule has 0 saturated carbocycles. The molecule has 7 heteroatoms. The van der Waals surface area contributed by atoms with Crippen LogP contribution in [-0.4, -0.2) is 25.1 Å². The number of benzene rings is 2. The number of rotatable bonds is 5.